The Morgan fingerprint density at radius 2 is 2.17 bits per heavy atom. The number of rotatable bonds is 5. The zero-order valence-corrected chi connectivity index (χ0v) is 11.0. The Morgan fingerprint density at radius 3 is 2.83 bits per heavy atom. The smallest absolute Gasteiger partial charge is 0.408 e. The summed E-state index contributed by atoms with van der Waals surface area (Å²) in [5.74, 6) is -0.321. The van der Waals surface area contributed by atoms with Crippen molar-refractivity contribution in [2.24, 2.45) is 7.05 Å². The second-order valence-electron chi connectivity index (χ2n) is 4.39. The summed E-state index contributed by atoms with van der Waals surface area (Å²) < 4.78 is 6.65. The van der Waals surface area contributed by atoms with Crippen LogP contribution in [-0.2, 0) is 7.05 Å². The lowest BCUT2D eigenvalue weighted by atomic mass is 10.0. The average molecular weight is 249 g/mol. The highest BCUT2D eigenvalue weighted by molar-refractivity contribution is 5.73. The van der Waals surface area contributed by atoms with Crippen LogP contribution in [0, 0.1) is 0 Å². The lowest BCUT2D eigenvalue weighted by molar-refractivity contribution is 0.527. The fourth-order valence-corrected chi connectivity index (χ4v) is 2.13. The predicted molar refractivity (Wildman–Crippen MR) is 71.8 cm³/mol. The van der Waals surface area contributed by atoms with E-state index in [-0.39, 0.29) is 11.8 Å². The second kappa shape index (κ2) is 5.37. The molecule has 2 rings (SSSR count). The standard InChI is InChI=1S/C13H19N3O2/c1-14-7-6-10(15-2)9-4-5-12-11(8-9)16(3)13(17)18-12/h4-5,8,10,14-15H,6-7H2,1-3H3. The number of benzene rings is 1. The third kappa shape index (κ3) is 2.32. The zero-order valence-electron chi connectivity index (χ0n) is 11.0. The number of oxazole rings is 1. The average Bonchev–Trinajstić information content (AvgIpc) is 2.66. The molecule has 0 saturated carbocycles. The van der Waals surface area contributed by atoms with E-state index >= 15 is 0 Å². The third-order valence-electron chi connectivity index (χ3n) is 3.25. The van der Waals surface area contributed by atoms with E-state index in [0.29, 0.717) is 5.58 Å². The molecular weight excluding hydrogens is 230 g/mol. The molecule has 1 aromatic carbocycles. The van der Waals surface area contributed by atoms with E-state index in [9.17, 15) is 4.79 Å². The molecule has 18 heavy (non-hydrogen) atoms. The van der Waals surface area contributed by atoms with Gasteiger partial charge in [0.1, 0.15) is 0 Å². The van der Waals surface area contributed by atoms with Crippen molar-refractivity contribution >= 4 is 11.1 Å². The minimum Gasteiger partial charge on any atom is -0.408 e. The molecule has 0 aliphatic heterocycles. The summed E-state index contributed by atoms with van der Waals surface area (Å²) in [6.07, 6.45) is 0.990. The van der Waals surface area contributed by atoms with Crippen LogP contribution in [0.2, 0.25) is 0 Å². The SMILES string of the molecule is CNCCC(NC)c1ccc2oc(=O)n(C)c2c1. The Kier molecular flexibility index (Phi) is 3.84. The van der Waals surface area contributed by atoms with Crippen molar-refractivity contribution in [3.05, 3.63) is 34.3 Å². The Morgan fingerprint density at radius 1 is 1.39 bits per heavy atom. The number of nitrogens with one attached hydrogen (secondary N) is 2. The van der Waals surface area contributed by atoms with E-state index in [0.717, 1.165) is 24.0 Å². The van der Waals surface area contributed by atoms with E-state index in [1.807, 2.05) is 32.3 Å². The molecule has 1 aromatic heterocycles. The lowest BCUT2D eigenvalue weighted by Gasteiger charge is -2.16. The van der Waals surface area contributed by atoms with Crippen molar-refractivity contribution < 1.29 is 4.42 Å². The maximum Gasteiger partial charge on any atom is 0.419 e. The van der Waals surface area contributed by atoms with Crippen LogP contribution in [0.25, 0.3) is 11.1 Å². The van der Waals surface area contributed by atoms with Gasteiger partial charge in [0.15, 0.2) is 5.58 Å². The summed E-state index contributed by atoms with van der Waals surface area (Å²) in [5.41, 5.74) is 2.63. The van der Waals surface area contributed by atoms with E-state index in [1.165, 1.54) is 4.57 Å². The highest BCUT2D eigenvalue weighted by Gasteiger charge is 2.12. The van der Waals surface area contributed by atoms with E-state index in [4.69, 9.17) is 4.42 Å². The summed E-state index contributed by atoms with van der Waals surface area (Å²) in [5, 5.41) is 6.43. The molecule has 0 radical (unpaired) electrons. The van der Waals surface area contributed by atoms with Crippen LogP contribution in [0.15, 0.2) is 27.4 Å². The minimum absolute atomic E-state index is 0.270. The number of hydrogen-bond acceptors (Lipinski definition) is 4. The summed E-state index contributed by atoms with van der Waals surface area (Å²) in [7, 11) is 5.61. The van der Waals surface area contributed by atoms with Crippen LogP contribution in [0.1, 0.15) is 18.0 Å². The van der Waals surface area contributed by atoms with Crippen LogP contribution in [0.3, 0.4) is 0 Å². The normalized spacial score (nSPS) is 13.1. The van der Waals surface area contributed by atoms with Gasteiger partial charge in [-0.2, -0.15) is 0 Å². The van der Waals surface area contributed by atoms with Crippen molar-refractivity contribution in [3.8, 4) is 0 Å². The first-order valence-corrected chi connectivity index (χ1v) is 6.08. The maximum absolute atomic E-state index is 11.4. The molecule has 2 aromatic rings. The van der Waals surface area contributed by atoms with Gasteiger partial charge >= 0.3 is 5.76 Å². The predicted octanol–water partition coefficient (Wildman–Crippen LogP) is 1.00. The maximum atomic E-state index is 11.4. The summed E-state index contributed by atoms with van der Waals surface area (Å²) in [6.45, 7) is 0.938. The lowest BCUT2D eigenvalue weighted by Crippen LogP contribution is -2.21. The first kappa shape index (κ1) is 12.9. The molecule has 1 heterocycles. The van der Waals surface area contributed by atoms with Crippen molar-refractivity contribution in [2.75, 3.05) is 20.6 Å². The molecule has 2 N–H and O–H groups in total. The first-order chi connectivity index (χ1) is 8.67. The van der Waals surface area contributed by atoms with E-state index in [1.54, 1.807) is 7.05 Å². The van der Waals surface area contributed by atoms with E-state index in [2.05, 4.69) is 10.6 Å². The number of aromatic nitrogens is 1. The Labute approximate surface area is 106 Å². The molecule has 0 saturated heterocycles. The van der Waals surface area contributed by atoms with E-state index < -0.39 is 0 Å². The van der Waals surface area contributed by atoms with Gasteiger partial charge in [-0.05, 0) is 44.8 Å². The molecule has 0 fully saturated rings. The van der Waals surface area contributed by atoms with Gasteiger partial charge in [-0.3, -0.25) is 4.57 Å². The molecule has 5 heteroatoms. The van der Waals surface area contributed by atoms with Gasteiger partial charge in [-0.15, -0.1) is 0 Å². The third-order valence-corrected chi connectivity index (χ3v) is 3.25. The Hall–Kier alpha value is -1.59. The molecule has 98 valence electrons. The monoisotopic (exact) mass is 249 g/mol. The second-order valence-corrected chi connectivity index (χ2v) is 4.39. The van der Waals surface area contributed by atoms with Crippen molar-refractivity contribution in [2.45, 2.75) is 12.5 Å². The van der Waals surface area contributed by atoms with Crippen LogP contribution in [0.5, 0.6) is 0 Å². The summed E-state index contributed by atoms with van der Waals surface area (Å²) in [6, 6.07) is 6.14. The molecule has 0 amide bonds. The number of fused-ring (bicyclic) bond motifs is 1. The number of aryl methyl sites for hydroxylation is 1. The van der Waals surface area contributed by atoms with Gasteiger partial charge in [0.2, 0.25) is 0 Å². The zero-order chi connectivity index (χ0) is 13.1. The molecule has 0 bridgehead atoms. The van der Waals surface area contributed by atoms with Gasteiger partial charge in [-0.1, -0.05) is 6.07 Å². The Balaban J connectivity index is 2.38. The highest BCUT2D eigenvalue weighted by atomic mass is 16.4. The topological polar surface area (TPSA) is 59.2 Å². The largest absolute Gasteiger partial charge is 0.419 e. The van der Waals surface area contributed by atoms with Crippen LogP contribution in [-0.4, -0.2) is 25.2 Å². The van der Waals surface area contributed by atoms with Crippen molar-refractivity contribution in [1.29, 1.82) is 0 Å². The Bertz CT molecular complexity index is 585. The number of nitrogens with zero attached hydrogens (tertiary/aromatic N) is 1. The fourth-order valence-electron chi connectivity index (χ4n) is 2.13. The fraction of sp³-hybridized carbons (Fsp3) is 0.462. The highest BCUT2D eigenvalue weighted by Crippen LogP contribution is 2.21. The van der Waals surface area contributed by atoms with Crippen LogP contribution in [0.4, 0.5) is 0 Å². The van der Waals surface area contributed by atoms with Gasteiger partial charge in [0, 0.05) is 13.1 Å². The molecular formula is C13H19N3O2. The molecule has 0 aliphatic rings. The molecule has 0 spiro atoms. The van der Waals surface area contributed by atoms with Gasteiger partial charge in [0.25, 0.3) is 0 Å². The van der Waals surface area contributed by atoms with Crippen LogP contribution < -0.4 is 16.4 Å². The number of hydrogen-bond donors (Lipinski definition) is 2. The van der Waals surface area contributed by atoms with Gasteiger partial charge in [-0.25, -0.2) is 4.79 Å². The van der Waals surface area contributed by atoms with Crippen molar-refractivity contribution in [1.82, 2.24) is 15.2 Å². The van der Waals surface area contributed by atoms with Crippen LogP contribution >= 0.6 is 0 Å². The molecule has 0 aliphatic carbocycles. The molecule has 1 atom stereocenters. The van der Waals surface area contributed by atoms with Gasteiger partial charge < -0.3 is 15.1 Å². The quantitative estimate of drug-likeness (QED) is 0.830. The minimum atomic E-state index is -0.321. The van der Waals surface area contributed by atoms with Gasteiger partial charge in [0.05, 0.1) is 5.52 Å². The summed E-state index contributed by atoms with van der Waals surface area (Å²) >= 11 is 0. The van der Waals surface area contributed by atoms with Crippen molar-refractivity contribution in [3.63, 3.8) is 0 Å². The molecule has 5 nitrogen and oxygen atoms in total. The molecule has 1 unspecified atom stereocenters. The summed E-state index contributed by atoms with van der Waals surface area (Å²) in [4.78, 5) is 11.4. The first-order valence-electron chi connectivity index (χ1n) is 6.08.